The van der Waals surface area contributed by atoms with Crippen LogP contribution in [0.4, 0.5) is 11.5 Å². The molecule has 0 aliphatic carbocycles. The lowest BCUT2D eigenvalue weighted by Crippen LogP contribution is -2.49. The van der Waals surface area contributed by atoms with Gasteiger partial charge in [0.25, 0.3) is 0 Å². The molecule has 1 N–H and O–H groups in total. The fourth-order valence-electron chi connectivity index (χ4n) is 3.50. The number of hydrogen-bond acceptors (Lipinski definition) is 5. The summed E-state index contributed by atoms with van der Waals surface area (Å²) in [6.07, 6.45) is 5.27. The van der Waals surface area contributed by atoms with Gasteiger partial charge in [-0.2, -0.15) is 0 Å². The number of para-hydroxylation sites is 1. The Hall–Kier alpha value is -2.92. The van der Waals surface area contributed by atoms with Crippen LogP contribution in [0.1, 0.15) is 17.2 Å². The zero-order chi connectivity index (χ0) is 17.8. The van der Waals surface area contributed by atoms with Crippen molar-refractivity contribution in [2.75, 3.05) is 29.4 Å². The van der Waals surface area contributed by atoms with E-state index in [1.807, 2.05) is 24.4 Å². The quantitative estimate of drug-likeness (QED) is 0.787. The van der Waals surface area contributed by atoms with Crippen molar-refractivity contribution >= 4 is 11.5 Å². The molecular weight excluding hydrogens is 324 g/mol. The van der Waals surface area contributed by atoms with Gasteiger partial charge in [0.1, 0.15) is 5.82 Å². The van der Waals surface area contributed by atoms with Crippen molar-refractivity contribution in [1.29, 1.82) is 0 Å². The maximum atomic E-state index is 9.32. The summed E-state index contributed by atoms with van der Waals surface area (Å²) >= 11 is 0. The normalized spacial score (nSPS) is 17.3. The smallest absolute Gasteiger partial charge is 0.147 e. The Morgan fingerprint density at radius 1 is 0.962 bits per heavy atom. The molecule has 0 bridgehead atoms. The lowest BCUT2D eigenvalue weighted by Gasteiger charge is -2.43. The minimum absolute atomic E-state index is 0.0644. The summed E-state index contributed by atoms with van der Waals surface area (Å²) in [6.45, 7) is 2.75. The van der Waals surface area contributed by atoms with E-state index in [0.717, 1.165) is 31.0 Å². The molecule has 3 aromatic rings. The molecule has 0 amide bonds. The van der Waals surface area contributed by atoms with Gasteiger partial charge in [-0.3, -0.25) is 4.98 Å². The first-order valence-corrected chi connectivity index (χ1v) is 8.87. The highest BCUT2D eigenvalue weighted by Gasteiger charge is 2.29. The summed E-state index contributed by atoms with van der Waals surface area (Å²) in [5.74, 6) is 0.899. The SMILES string of the molecule is OCc1ccc(C2CN(c3ccccc3)CCN2c2cnccn2)cc1. The van der Waals surface area contributed by atoms with Crippen molar-refractivity contribution in [3.63, 3.8) is 0 Å². The second kappa shape index (κ2) is 7.54. The third kappa shape index (κ3) is 3.39. The maximum absolute atomic E-state index is 9.32. The Kier molecular flexibility index (Phi) is 4.80. The standard InChI is InChI=1S/C21H22N4O/c26-16-17-6-8-18(9-7-17)20-15-24(19-4-2-1-3-5-19)12-13-25(20)21-14-22-10-11-23-21/h1-11,14,20,26H,12-13,15-16H2. The molecule has 1 fully saturated rings. The van der Waals surface area contributed by atoms with Crippen LogP contribution in [0, 0.1) is 0 Å². The number of aliphatic hydroxyl groups excluding tert-OH is 1. The first kappa shape index (κ1) is 16.5. The lowest BCUT2D eigenvalue weighted by molar-refractivity contribution is 0.282. The van der Waals surface area contributed by atoms with Crippen LogP contribution < -0.4 is 9.80 Å². The van der Waals surface area contributed by atoms with Crippen LogP contribution in [-0.2, 0) is 6.61 Å². The van der Waals surface area contributed by atoms with Gasteiger partial charge in [0.05, 0.1) is 18.8 Å². The van der Waals surface area contributed by atoms with Crippen LogP contribution in [0.3, 0.4) is 0 Å². The van der Waals surface area contributed by atoms with E-state index >= 15 is 0 Å². The number of benzene rings is 2. The highest BCUT2D eigenvalue weighted by atomic mass is 16.3. The van der Waals surface area contributed by atoms with Crippen molar-refractivity contribution in [1.82, 2.24) is 9.97 Å². The predicted molar refractivity (Wildman–Crippen MR) is 103 cm³/mol. The molecule has 1 aromatic heterocycles. The zero-order valence-electron chi connectivity index (χ0n) is 14.6. The lowest BCUT2D eigenvalue weighted by atomic mass is 10.0. The molecule has 2 heterocycles. The van der Waals surface area contributed by atoms with E-state index in [4.69, 9.17) is 0 Å². The van der Waals surface area contributed by atoms with Crippen molar-refractivity contribution in [3.8, 4) is 0 Å². The molecule has 5 nitrogen and oxygen atoms in total. The van der Waals surface area contributed by atoms with Gasteiger partial charge in [0.2, 0.25) is 0 Å². The van der Waals surface area contributed by atoms with Gasteiger partial charge in [-0.1, -0.05) is 42.5 Å². The summed E-state index contributed by atoms with van der Waals surface area (Å²) in [6, 6.07) is 18.9. The molecule has 5 heteroatoms. The first-order chi connectivity index (χ1) is 12.8. The minimum Gasteiger partial charge on any atom is -0.392 e. The fraction of sp³-hybridized carbons (Fsp3) is 0.238. The molecule has 0 spiro atoms. The van der Waals surface area contributed by atoms with Crippen molar-refractivity contribution in [2.45, 2.75) is 12.6 Å². The van der Waals surface area contributed by atoms with Crippen molar-refractivity contribution < 1.29 is 5.11 Å². The van der Waals surface area contributed by atoms with Gasteiger partial charge >= 0.3 is 0 Å². The molecule has 1 aliphatic rings. The summed E-state index contributed by atoms with van der Waals surface area (Å²) in [7, 11) is 0. The fourth-order valence-corrected chi connectivity index (χ4v) is 3.50. The molecule has 4 rings (SSSR count). The minimum atomic E-state index is 0.0644. The number of anilines is 2. The second-order valence-corrected chi connectivity index (χ2v) is 6.45. The maximum Gasteiger partial charge on any atom is 0.147 e. The molecule has 0 saturated carbocycles. The zero-order valence-corrected chi connectivity index (χ0v) is 14.6. The predicted octanol–water partition coefficient (Wildman–Crippen LogP) is 3.04. The Labute approximate surface area is 153 Å². The van der Waals surface area contributed by atoms with E-state index in [2.05, 4.69) is 56.2 Å². The van der Waals surface area contributed by atoms with E-state index in [-0.39, 0.29) is 12.6 Å². The van der Waals surface area contributed by atoms with Crippen LogP contribution in [0.15, 0.2) is 73.2 Å². The number of aromatic nitrogens is 2. The van der Waals surface area contributed by atoms with Gasteiger partial charge < -0.3 is 14.9 Å². The first-order valence-electron chi connectivity index (χ1n) is 8.87. The van der Waals surface area contributed by atoms with Gasteiger partial charge in [0, 0.05) is 37.7 Å². The third-order valence-corrected chi connectivity index (χ3v) is 4.89. The molecule has 26 heavy (non-hydrogen) atoms. The molecule has 0 radical (unpaired) electrons. The highest BCUT2D eigenvalue weighted by Crippen LogP contribution is 2.31. The van der Waals surface area contributed by atoms with Crippen LogP contribution in [0.25, 0.3) is 0 Å². The van der Waals surface area contributed by atoms with Crippen LogP contribution >= 0.6 is 0 Å². The summed E-state index contributed by atoms with van der Waals surface area (Å²) in [5, 5.41) is 9.32. The Morgan fingerprint density at radius 3 is 2.46 bits per heavy atom. The molecule has 1 atom stereocenters. The number of hydrogen-bond donors (Lipinski definition) is 1. The number of piperazine rings is 1. The molecule has 1 aliphatic heterocycles. The van der Waals surface area contributed by atoms with E-state index in [1.54, 1.807) is 12.4 Å². The van der Waals surface area contributed by atoms with Crippen molar-refractivity contribution in [3.05, 3.63) is 84.3 Å². The molecule has 1 saturated heterocycles. The third-order valence-electron chi connectivity index (χ3n) is 4.89. The largest absolute Gasteiger partial charge is 0.392 e. The Bertz CT molecular complexity index is 824. The molecular formula is C21H22N4O. The molecule has 132 valence electrons. The Balaban J connectivity index is 1.66. The van der Waals surface area contributed by atoms with E-state index in [9.17, 15) is 5.11 Å². The second-order valence-electron chi connectivity index (χ2n) is 6.45. The summed E-state index contributed by atoms with van der Waals surface area (Å²) in [4.78, 5) is 13.5. The van der Waals surface area contributed by atoms with E-state index < -0.39 is 0 Å². The van der Waals surface area contributed by atoms with Gasteiger partial charge in [-0.15, -0.1) is 0 Å². The monoisotopic (exact) mass is 346 g/mol. The molecule has 1 unspecified atom stereocenters. The van der Waals surface area contributed by atoms with Crippen molar-refractivity contribution in [2.24, 2.45) is 0 Å². The Morgan fingerprint density at radius 2 is 1.77 bits per heavy atom. The number of rotatable bonds is 4. The summed E-state index contributed by atoms with van der Waals surface area (Å²) < 4.78 is 0. The topological polar surface area (TPSA) is 52.5 Å². The average molecular weight is 346 g/mol. The highest BCUT2D eigenvalue weighted by molar-refractivity contribution is 5.51. The van der Waals surface area contributed by atoms with Crippen LogP contribution in [-0.4, -0.2) is 34.7 Å². The molecule has 2 aromatic carbocycles. The van der Waals surface area contributed by atoms with Gasteiger partial charge in [-0.05, 0) is 23.3 Å². The average Bonchev–Trinajstić information content (AvgIpc) is 2.75. The summed E-state index contributed by atoms with van der Waals surface area (Å²) in [5.41, 5.74) is 3.38. The van der Waals surface area contributed by atoms with Crippen LogP contribution in [0.5, 0.6) is 0 Å². The number of nitrogens with zero attached hydrogens (tertiary/aromatic N) is 4. The van der Waals surface area contributed by atoms with Crippen LogP contribution in [0.2, 0.25) is 0 Å². The number of aliphatic hydroxyl groups is 1. The van der Waals surface area contributed by atoms with E-state index in [0.29, 0.717) is 0 Å². The van der Waals surface area contributed by atoms with Gasteiger partial charge in [0.15, 0.2) is 0 Å². The van der Waals surface area contributed by atoms with Gasteiger partial charge in [-0.25, -0.2) is 4.98 Å². The van der Waals surface area contributed by atoms with E-state index in [1.165, 1.54) is 11.3 Å².